The first-order valence-corrected chi connectivity index (χ1v) is 5.64. The molecule has 0 aromatic carbocycles. The highest BCUT2D eigenvalue weighted by atomic mass is 16.4. The Morgan fingerprint density at radius 2 is 1.60 bits per heavy atom. The summed E-state index contributed by atoms with van der Waals surface area (Å²) in [6, 6.07) is 0. The van der Waals surface area contributed by atoms with Gasteiger partial charge in [-0.05, 0) is 13.3 Å². The number of Topliss-reactive ketones (excluding diaryl/α,β-unsaturated/α-hetero) is 1. The standard InChI is InChI=1S/C8H16O.C4H8O2/c1-3-4-5-6-7-8(2)9;1-3(2)4(5)6/h3-7H2,1-2H3;3H,1-2H3,(H,5,6). The van der Waals surface area contributed by atoms with Crippen molar-refractivity contribution in [2.75, 3.05) is 0 Å². The molecule has 0 fully saturated rings. The summed E-state index contributed by atoms with van der Waals surface area (Å²) in [5.41, 5.74) is 0. The van der Waals surface area contributed by atoms with Crippen molar-refractivity contribution in [3.8, 4) is 0 Å². The summed E-state index contributed by atoms with van der Waals surface area (Å²) < 4.78 is 0. The van der Waals surface area contributed by atoms with E-state index in [0.717, 1.165) is 12.8 Å². The third-order valence-corrected chi connectivity index (χ3v) is 1.88. The van der Waals surface area contributed by atoms with Gasteiger partial charge in [0.2, 0.25) is 0 Å². The van der Waals surface area contributed by atoms with E-state index in [4.69, 9.17) is 5.11 Å². The molecule has 90 valence electrons. The Labute approximate surface area is 92.9 Å². The van der Waals surface area contributed by atoms with Crippen molar-refractivity contribution in [2.45, 2.75) is 59.8 Å². The lowest BCUT2D eigenvalue weighted by molar-refractivity contribution is -0.140. The molecule has 3 heteroatoms. The molecule has 0 spiro atoms. The van der Waals surface area contributed by atoms with E-state index in [0.29, 0.717) is 5.78 Å². The van der Waals surface area contributed by atoms with Crippen molar-refractivity contribution < 1.29 is 14.7 Å². The Morgan fingerprint density at radius 1 is 1.13 bits per heavy atom. The normalized spacial score (nSPS) is 9.40. The summed E-state index contributed by atoms with van der Waals surface area (Å²) in [5, 5.41) is 7.99. The van der Waals surface area contributed by atoms with E-state index in [2.05, 4.69) is 6.92 Å². The molecular weight excluding hydrogens is 192 g/mol. The number of carbonyl (C=O) groups is 2. The SMILES string of the molecule is CC(C)C(=O)O.CCCCCCC(C)=O. The van der Waals surface area contributed by atoms with Gasteiger partial charge in [-0.25, -0.2) is 0 Å². The van der Waals surface area contributed by atoms with Crippen LogP contribution >= 0.6 is 0 Å². The van der Waals surface area contributed by atoms with Crippen LogP contribution in [0.5, 0.6) is 0 Å². The first kappa shape index (κ1) is 16.6. The Balaban J connectivity index is 0. The Hall–Kier alpha value is -0.860. The smallest absolute Gasteiger partial charge is 0.305 e. The largest absolute Gasteiger partial charge is 0.481 e. The van der Waals surface area contributed by atoms with Crippen molar-refractivity contribution in [3.63, 3.8) is 0 Å². The number of carbonyl (C=O) groups excluding carboxylic acids is 1. The number of carboxylic acid groups (broad SMARTS) is 1. The molecule has 0 amide bonds. The molecule has 0 rings (SSSR count). The molecular formula is C12H24O3. The van der Waals surface area contributed by atoms with Crippen LogP contribution < -0.4 is 0 Å². The number of aliphatic carboxylic acids is 1. The minimum absolute atomic E-state index is 0.231. The van der Waals surface area contributed by atoms with E-state index in [1.165, 1.54) is 19.3 Å². The van der Waals surface area contributed by atoms with Gasteiger partial charge in [-0.1, -0.05) is 40.0 Å². The van der Waals surface area contributed by atoms with E-state index in [9.17, 15) is 9.59 Å². The fourth-order valence-corrected chi connectivity index (χ4v) is 0.801. The maximum Gasteiger partial charge on any atom is 0.305 e. The van der Waals surface area contributed by atoms with Crippen LogP contribution in [0.15, 0.2) is 0 Å². The number of unbranched alkanes of at least 4 members (excludes halogenated alkanes) is 3. The molecule has 0 aliphatic rings. The van der Waals surface area contributed by atoms with Gasteiger partial charge < -0.3 is 9.90 Å². The van der Waals surface area contributed by atoms with Crippen LogP contribution in [0.25, 0.3) is 0 Å². The molecule has 0 aliphatic carbocycles. The van der Waals surface area contributed by atoms with E-state index in [-0.39, 0.29) is 5.92 Å². The zero-order chi connectivity index (χ0) is 12.3. The van der Waals surface area contributed by atoms with E-state index in [1.807, 2.05) is 0 Å². The van der Waals surface area contributed by atoms with Crippen molar-refractivity contribution >= 4 is 11.8 Å². The second-order valence-electron chi connectivity index (χ2n) is 4.01. The van der Waals surface area contributed by atoms with Gasteiger partial charge in [0.15, 0.2) is 0 Å². The molecule has 0 aliphatic heterocycles. The minimum Gasteiger partial charge on any atom is -0.481 e. The summed E-state index contributed by atoms with van der Waals surface area (Å²) in [7, 11) is 0. The Bertz CT molecular complexity index is 174. The predicted octanol–water partition coefficient (Wildman–Crippen LogP) is 3.27. The van der Waals surface area contributed by atoms with Crippen molar-refractivity contribution in [1.29, 1.82) is 0 Å². The molecule has 0 radical (unpaired) electrons. The van der Waals surface area contributed by atoms with E-state index in [1.54, 1.807) is 20.8 Å². The molecule has 0 heterocycles. The number of hydrogen-bond donors (Lipinski definition) is 1. The molecule has 1 N–H and O–H groups in total. The van der Waals surface area contributed by atoms with Crippen LogP contribution in [0.1, 0.15) is 59.8 Å². The third kappa shape index (κ3) is 19.5. The summed E-state index contributed by atoms with van der Waals surface area (Å²) in [6.45, 7) is 7.12. The second-order valence-corrected chi connectivity index (χ2v) is 4.01. The van der Waals surface area contributed by atoms with Crippen LogP contribution in [0.4, 0.5) is 0 Å². The molecule has 0 bridgehead atoms. The van der Waals surface area contributed by atoms with Gasteiger partial charge in [-0.2, -0.15) is 0 Å². The monoisotopic (exact) mass is 216 g/mol. The topological polar surface area (TPSA) is 54.4 Å². The summed E-state index contributed by atoms with van der Waals surface area (Å²) in [5.74, 6) is -0.647. The number of rotatable bonds is 6. The average molecular weight is 216 g/mol. The lowest BCUT2D eigenvalue weighted by Gasteiger charge is -1.93. The van der Waals surface area contributed by atoms with Crippen LogP contribution in [0.3, 0.4) is 0 Å². The van der Waals surface area contributed by atoms with Crippen LogP contribution in [0.2, 0.25) is 0 Å². The molecule has 0 aromatic heterocycles. The highest BCUT2D eigenvalue weighted by molar-refractivity contribution is 5.75. The number of ketones is 1. The van der Waals surface area contributed by atoms with Gasteiger partial charge in [0.25, 0.3) is 0 Å². The maximum atomic E-state index is 10.4. The van der Waals surface area contributed by atoms with Gasteiger partial charge in [0.05, 0.1) is 5.92 Å². The van der Waals surface area contributed by atoms with Gasteiger partial charge in [0, 0.05) is 6.42 Å². The van der Waals surface area contributed by atoms with Gasteiger partial charge in [-0.15, -0.1) is 0 Å². The van der Waals surface area contributed by atoms with Crippen molar-refractivity contribution in [1.82, 2.24) is 0 Å². The first-order valence-electron chi connectivity index (χ1n) is 5.64. The van der Waals surface area contributed by atoms with Gasteiger partial charge >= 0.3 is 5.97 Å². The van der Waals surface area contributed by atoms with Crippen LogP contribution in [0, 0.1) is 5.92 Å². The fraction of sp³-hybridized carbons (Fsp3) is 0.833. The third-order valence-electron chi connectivity index (χ3n) is 1.88. The lowest BCUT2D eigenvalue weighted by atomic mass is 10.1. The van der Waals surface area contributed by atoms with Crippen LogP contribution in [-0.2, 0) is 9.59 Å². The van der Waals surface area contributed by atoms with E-state index >= 15 is 0 Å². The number of hydrogen-bond acceptors (Lipinski definition) is 2. The van der Waals surface area contributed by atoms with Gasteiger partial charge in [0.1, 0.15) is 5.78 Å². The number of carboxylic acids is 1. The fourth-order valence-electron chi connectivity index (χ4n) is 0.801. The predicted molar refractivity (Wildman–Crippen MR) is 61.9 cm³/mol. The van der Waals surface area contributed by atoms with Crippen LogP contribution in [-0.4, -0.2) is 16.9 Å². The quantitative estimate of drug-likeness (QED) is 0.693. The van der Waals surface area contributed by atoms with Crippen molar-refractivity contribution in [2.24, 2.45) is 5.92 Å². The zero-order valence-corrected chi connectivity index (χ0v) is 10.4. The summed E-state index contributed by atoms with van der Waals surface area (Å²) in [6.07, 6.45) is 5.60. The average Bonchev–Trinajstić information content (AvgIpc) is 2.13. The van der Waals surface area contributed by atoms with Gasteiger partial charge in [-0.3, -0.25) is 4.79 Å². The molecule has 0 saturated heterocycles. The lowest BCUT2D eigenvalue weighted by Crippen LogP contribution is -2.03. The minimum atomic E-state index is -0.741. The highest BCUT2D eigenvalue weighted by Crippen LogP contribution is 2.01. The zero-order valence-electron chi connectivity index (χ0n) is 10.4. The first-order chi connectivity index (χ1) is 6.91. The molecule has 0 atom stereocenters. The molecule has 0 saturated carbocycles. The Morgan fingerprint density at radius 3 is 1.87 bits per heavy atom. The summed E-state index contributed by atoms with van der Waals surface area (Å²) >= 11 is 0. The highest BCUT2D eigenvalue weighted by Gasteiger charge is 1.99. The molecule has 0 aromatic rings. The molecule has 3 nitrogen and oxygen atoms in total. The molecule has 15 heavy (non-hydrogen) atoms. The van der Waals surface area contributed by atoms with Crippen molar-refractivity contribution in [3.05, 3.63) is 0 Å². The second kappa shape index (κ2) is 11.2. The Kier molecular flexibility index (Phi) is 12.4. The molecule has 0 unspecified atom stereocenters. The maximum absolute atomic E-state index is 10.4. The van der Waals surface area contributed by atoms with E-state index < -0.39 is 5.97 Å². The summed E-state index contributed by atoms with van der Waals surface area (Å²) in [4.78, 5) is 20.1.